The number of hydrogen-bond donors (Lipinski definition) is 1. The van der Waals surface area contributed by atoms with Crippen LogP contribution < -0.4 is 10.5 Å². The normalized spacial score (nSPS) is 15.2. The number of likely N-dealkylation sites (tertiary alicyclic amines) is 1. The first-order valence-electron chi connectivity index (χ1n) is 9.41. The number of carbonyl (C=O) groups is 2. The summed E-state index contributed by atoms with van der Waals surface area (Å²) in [6, 6.07) is 10.9. The SMILES string of the molecule is CC(=O)O[C@@H](c1ccccc1)c1cc(OCCN2CCCC2)c(C(N)=O)cn1. The largest absolute Gasteiger partial charge is 0.491 e. The maximum Gasteiger partial charge on any atom is 0.303 e. The van der Waals surface area contributed by atoms with Crippen LogP contribution in [0.2, 0.25) is 0 Å². The summed E-state index contributed by atoms with van der Waals surface area (Å²) in [5, 5.41) is 0. The average molecular weight is 383 g/mol. The standard InChI is InChI=1S/C21H25N3O4/c1-15(25)28-20(16-7-3-2-4-8-16)18-13-19(17(14-23-18)21(22)26)27-12-11-24-9-5-6-10-24/h2-4,7-8,13-14,20H,5-6,9-12H2,1H3,(H2,22,26)/t20-/m0/s1. The molecule has 1 fully saturated rings. The second-order valence-corrected chi connectivity index (χ2v) is 6.77. The molecule has 3 rings (SSSR count). The van der Waals surface area contributed by atoms with E-state index in [4.69, 9.17) is 15.2 Å². The Morgan fingerprint density at radius 2 is 1.93 bits per heavy atom. The number of nitrogens with zero attached hydrogens (tertiary/aromatic N) is 2. The van der Waals surface area contributed by atoms with Crippen molar-refractivity contribution in [3.05, 3.63) is 59.4 Å². The molecule has 1 aromatic carbocycles. The fourth-order valence-corrected chi connectivity index (χ4v) is 3.28. The summed E-state index contributed by atoms with van der Waals surface area (Å²) in [5.74, 6) is -0.685. The molecule has 28 heavy (non-hydrogen) atoms. The van der Waals surface area contributed by atoms with Gasteiger partial charge in [0.25, 0.3) is 5.91 Å². The lowest BCUT2D eigenvalue weighted by molar-refractivity contribution is -0.144. The number of rotatable bonds is 8. The molecule has 1 saturated heterocycles. The van der Waals surface area contributed by atoms with E-state index >= 15 is 0 Å². The maximum atomic E-state index is 11.8. The van der Waals surface area contributed by atoms with Gasteiger partial charge in [0.2, 0.25) is 0 Å². The van der Waals surface area contributed by atoms with Crippen molar-refractivity contribution in [3.8, 4) is 5.75 Å². The Balaban J connectivity index is 1.84. The Morgan fingerprint density at radius 1 is 1.21 bits per heavy atom. The molecule has 7 nitrogen and oxygen atoms in total. The molecule has 0 bridgehead atoms. The Morgan fingerprint density at radius 3 is 2.57 bits per heavy atom. The minimum absolute atomic E-state index is 0.208. The van der Waals surface area contributed by atoms with E-state index in [0.29, 0.717) is 18.1 Å². The zero-order valence-corrected chi connectivity index (χ0v) is 16.0. The first-order chi connectivity index (χ1) is 13.5. The Bertz CT molecular complexity index is 820. The van der Waals surface area contributed by atoms with Gasteiger partial charge in [-0.05, 0) is 31.5 Å². The smallest absolute Gasteiger partial charge is 0.303 e. The fraction of sp³-hybridized carbons (Fsp3) is 0.381. The van der Waals surface area contributed by atoms with E-state index in [2.05, 4.69) is 9.88 Å². The highest BCUT2D eigenvalue weighted by Crippen LogP contribution is 2.29. The molecule has 1 aliphatic rings. The monoisotopic (exact) mass is 383 g/mol. The summed E-state index contributed by atoms with van der Waals surface area (Å²) in [6.45, 7) is 4.70. The first kappa shape index (κ1) is 19.8. The van der Waals surface area contributed by atoms with E-state index in [1.807, 2.05) is 30.3 Å². The van der Waals surface area contributed by atoms with Crippen LogP contribution in [0.3, 0.4) is 0 Å². The molecule has 2 N–H and O–H groups in total. The fourth-order valence-electron chi connectivity index (χ4n) is 3.28. The molecular formula is C21H25N3O4. The highest BCUT2D eigenvalue weighted by molar-refractivity contribution is 5.95. The molecule has 2 heterocycles. The molecule has 0 spiro atoms. The quantitative estimate of drug-likeness (QED) is 0.703. The molecule has 1 aliphatic heterocycles. The third kappa shape index (κ3) is 5.07. The minimum Gasteiger partial charge on any atom is -0.491 e. The van der Waals surface area contributed by atoms with Gasteiger partial charge < -0.3 is 15.2 Å². The number of primary amides is 1. The Labute approximate surface area is 164 Å². The first-order valence-corrected chi connectivity index (χ1v) is 9.41. The van der Waals surface area contributed by atoms with Crippen LogP contribution in [0, 0.1) is 0 Å². The van der Waals surface area contributed by atoms with Gasteiger partial charge in [0.15, 0.2) is 6.10 Å². The van der Waals surface area contributed by atoms with Crippen molar-refractivity contribution in [1.82, 2.24) is 9.88 Å². The lowest BCUT2D eigenvalue weighted by Gasteiger charge is -2.19. The van der Waals surface area contributed by atoms with Crippen LogP contribution in [0.15, 0.2) is 42.6 Å². The van der Waals surface area contributed by atoms with Crippen LogP contribution in [-0.2, 0) is 9.53 Å². The van der Waals surface area contributed by atoms with E-state index < -0.39 is 18.0 Å². The predicted molar refractivity (Wildman–Crippen MR) is 104 cm³/mol. The van der Waals surface area contributed by atoms with Crippen LogP contribution in [-0.4, -0.2) is 48.0 Å². The number of pyridine rings is 1. The summed E-state index contributed by atoms with van der Waals surface area (Å²) in [6.07, 6.45) is 3.09. The van der Waals surface area contributed by atoms with E-state index in [9.17, 15) is 9.59 Å². The molecule has 0 radical (unpaired) electrons. The molecule has 1 atom stereocenters. The van der Waals surface area contributed by atoms with Crippen molar-refractivity contribution in [2.45, 2.75) is 25.9 Å². The van der Waals surface area contributed by atoms with Crippen LogP contribution in [0.1, 0.15) is 47.5 Å². The van der Waals surface area contributed by atoms with Crippen molar-refractivity contribution in [2.75, 3.05) is 26.2 Å². The van der Waals surface area contributed by atoms with Gasteiger partial charge in [0, 0.05) is 25.7 Å². The lowest BCUT2D eigenvalue weighted by Crippen LogP contribution is -2.25. The minimum atomic E-state index is -0.693. The maximum absolute atomic E-state index is 11.8. The number of aromatic nitrogens is 1. The summed E-state index contributed by atoms with van der Waals surface area (Å²) >= 11 is 0. The third-order valence-corrected chi connectivity index (χ3v) is 4.67. The van der Waals surface area contributed by atoms with Crippen molar-refractivity contribution in [3.63, 3.8) is 0 Å². The van der Waals surface area contributed by atoms with Crippen molar-refractivity contribution >= 4 is 11.9 Å². The highest BCUT2D eigenvalue weighted by Gasteiger charge is 2.22. The van der Waals surface area contributed by atoms with E-state index in [-0.39, 0.29) is 5.56 Å². The van der Waals surface area contributed by atoms with Gasteiger partial charge in [-0.1, -0.05) is 30.3 Å². The van der Waals surface area contributed by atoms with Gasteiger partial charge in [-0.25, -0.2) is 0 Å². The highest BCUT2D eigenvalue weighted by atomic mass is 16.5. The number of carbonyl (C=O) groups excluding carboxylic acids is 2. The molecule has 0 aliphatic carbocycles. The Hall–Kier alpha value is -2.93. The second kappa shape index (κ2) is 9.32. The summed E-state index contributed by atoms with van der Waals surface area (Å²) in [7, 11) is 0. The van der Waals surface area contributed by atoms with Crippen molar-refractivity contribution in [1.29, 1.82) is 0 Å². The molecular weight excluding hydrogens is 358 g/mol. The van der Waals surface area contributed by atoms with Gasteiger partial charge in [0.1, 0.15) is 12.4 Å². The topological polar surface area (TPSA) is 94.8 Å². The average Bonchev–Trinajstić information content (AvgIpc) is 3.20. The number of nitrogens with two attached hydrogens (primary N) is 1. The van der Waals surface area contributed by atoms with Crippen molar-refractivity contribution < 1.29 is 19.1 Å². The molecule has 1 amide bonds. The summed E-state index contributed by atoms with van der Waals surface area (Å²) in [5.41, 5.74) is 6.93. The van der Waals surface area contributed by atoms with Crippen LogP contribution in [0.25, 0.3) is 0 Å². The number of ether oxygens (including phenoxy) is 2. The predicted octanol–water partition coefficient (Wildman–Crippen LogP) is 2.31. The van der Waals surface area contributed by atoms with Crippen LogP contribution >= 0.6 is 0 Å². The molecule has 0 saturated carbocycles. The van der Waals surface area contributed by atoms with Gasteiger partial charge in [-0.15, -0.1) is 0 Å². The van der Waals surface area contributed by atoms with Gasteiger partial charge in [-0.2, -0.15) is 0 Å². The van der Waals surface area contributed by atoms with Crippen LogP contribution in [0.5, 0.6) is 5.75 Å². The lowest BCUT2D eigenvalue weighted by atomic mass is 10.0. The second-order valence-electron chi connectivity index (χ2n) is 6.77. The van der Waals surface area contributed by atoms with Crippen molar-refractivity contribution in [2.24, 2.45) is 5.73 Å². The molecule has 1 aromatic heterocycles. The zero-order chi connectivity index (χ0) is 19.9. The summed E-state index contributed by atoms with van der Waals surface area (Å²) in [4.78, 5) is 30.0. The summed E-state index contributed by atoms with van der Waals surface area (Å²) < 4.78 is 11.4. The molecule has 148 valence electrons. The Kier molecular flexibility index (Phi) is 6.60. The van der Waals surface area contributed by atoms with E-state index in [1.165, 1.54) is 26.0 Å². The third-order valence-electron chi connectivity index (χ3n) is 4.67. The number of esters is 1. The van der Waals surface area contributed by atoms with E-state index in [1.54, 1.807) is 6.07 Å². The van der Waals surface area contributed by atoms with Crippen LogP contribution in [0.4, 0.5) is 0 Å². The van der Waals surface area contributed by atoms with Gasteiger partial charge in [0.05, 0.1) is 11.3 Å². The number of hydrogen-bond acceptors (Lipinski definition) is 6. The number of benzene rings is 1. The molecule has 0 unspecified atom stereocenters. The van der Waals surface area contributed by atoms with E-state index in [0.717, 1.165) is 25.2 Å². The van der Waals surface area contributed by atoms with Gasteiger partial charge >= 0.3 is 5.97 Å². The number of amides is 1. The zero-order valence-electron chi connectivity index (χ0n) is 16.0. The molecule has 2 aromatic rings. The molecule has 7 heteroatoms. The van der Waals surface area contributed by atoms with Gasteiger partial charge in [-0.3, -0.25) is 19.5 Å².